The highest BCUT2D eigenvalue weighted by Crippen LogP contribution is 2.37. The van der Waals surface area contributed by atoms with E-state index in [9.17, 15) is 19.7 Å². The first kappa shape index (κ1) is 21.2. The summed E-state index contributed by atoms with van der Waals surface area (Å²) in [5.41, 5.74) is 3.11. The van der Waals surface area contributed by atoms with E-state index in [-0.39, 0.29) is 23.6 Å². The molecule has 0 aliphatic heterocycles. The smallest absolute Gasteiger partial charge is 0.341 e. The molecule has 0 unspecified atom stereocenters. The van der Waals surface area contributed by atoms with Gasteiger partial charge in [-0.2, -0.15) is 0 Å². The lowest BCUT2D eigenvalue weighted by Gasteiger charge is -2.08. The normalized spacial score (nSPS) is 10.8. The Kier molecular flexibility index (Phi) is 5.69. The second-order valence-electron chi connectivity index (χ2n) is 6.93. The summed E-state index contributed by atoms with van der Waals surface area (Å²) >= 11 is 1.17. The number of aromatic nitrogens is 2. The molecule has 3 aromatic heterocycles. The van der Waals surface area contributed by atoms with Crippen molar-refractivity contribution in [2.75, 3.05) is 11.9 Å². The molecule has 9 nitrogen and oxygen atoms in total. The Bertz CT molecular complexity index is 1340. The van der Waals surface area contributed by atoms with Crippen LogP contribution in [0.25, 0.3) is 16.8 Å². The Hall–Kier alpha value is -4.05. The van der Waals surface area contributed by atoms with Gasteiger partial charge in [-0.05, 0) is 49.2 Å². The maximum Gasteiger partial charge on any atom is 0.341 e. The van der Waals surface area contributed by atoms with Gasteiger partial charge in [-0.25, -0.2) is 9.78 Å². The number of aryl methyl sites for hydroxylation is 1. The lowest BCUT2D eigenvalue weighted by atomic mass is 10.0. The summed E-state index contributed by atoms with van der Waals surface area (Å²) in [5, 5.41) is 15.7. The van der Waals surface area contributed by atoms with Crippen LogP contribution >= 0.6 is 11.3 Å². The number of esters is 1. The van der Waals surface area contributed by atoms with Crippen molar-refractivity contribution in [2.45, 2.75) is 13.8 Å². The van der Waals surface area contributed by atoms with Gasteiger partial charge >= 0.3 is 5.97 Å². The van der Waals surface area contributed by atoms with Gasteiger partial charge in [0.25, 0.3) is 11.6 Å². The van der Waals surface area contributed by atoms with Crippen molar-refractivity contribution in [3.63, 3.8) is 0 Å². The van der Waals surface area contributed by atoms with Crippen LogP contribution in [-0.4, -0.2) is 32.8 Å². The quantitative estimate of drug-likeness (QED) is 0.258. The Morgan fingerprint density at radius 2 is 2.00 bits per heavy atom. The molecule has 10 heteroatoms. The number of benzene rings is 1. The molecule has 1 N–H and O–H groups in total. The van der Waals surface area contributed by atoms with Crippen LogP contribution in [0.2, 0.25) is 0 Å². The van der Waals surface area contributed by atoms with Crippen LogP contribution in [0.5, 0.6) is 0 Å². The van der Waals surface area contributed by atoms with Gasteiger partial charge in [-0.1, -0.05) is 0 Å². The number of amides is 1. The van der Waals surface area contributed by atoms with Gasteiger partial charge in [0.05, 0.1) is 11.5 Å². The molecule has 1 amide bonds. The van der Waals surface area contributed by atoms with E-state index < -0.39 is 16.8 Å². The fourth-order valence-corrected chi connectivity index (χ4v) is 4.14. The Morgan fingerprint density at radius 3 is 2.69 bits per heavy atom. The number of carbonyl (C=O) groups is 2. The predicted octanol–water partition coefficient (Wildman–Crippen LogP) is 4.71. The fraction of sp³-hybridized carbons (Fsp3) is 0.136. The van der Waals surface area contributed by atoms with Crippen LogP contribution in [0.15, 0.2) is 54.2 Å². The molecule has 0 aliphatic carbocycles. The Balaban J connectivity index is 1.69. The minimum atomic E-state index is -0.594. The maximum atomic E-state index is 12.9. The third-order valence-corrected chi connectivity index (χ3v) is 5.63. The third-order valence-electron chi connectivity index (χ3n) is 4.74. The number of hydrogen-bond acceptors (Lipinski definition) is 7. The number of rotatable bonds is 6. The summed E-state index contributed by atoms with van der Waals surface area (Å²) in [6.45, 7) is 3.78. The number of nitro groups is 1. The second-order valence-corrected chi connectivity index (χ2v) is 7.81. The van der Waals surface area contributed by atoms with Crippen molar-refractivity contribution in [3.8, 4) is 11.1 Å². The van der Waals surface area contributed by atoms with Gasteiger partial charge in [0.1, 0.15) is 21.9 Å². The largest absolute Gasteiger partial charge is 0.462 e. The molecule has 4 aromatic rings. The van der Waals surface area contributed by atoms with E-state index in [1.54, 1.807) is 35.0 Å². The number of nitro benzene ring substituents is 1. The van der Waals surface area contributed by atoms with E-state index in [4.69, 9.17) is 4.74 Å². The molecule has 0 saturated heterocycles. The zero-order valence-corrected chi connectivity index (χ0v) is 18.0. The summed E-state index contributed by atoms with van der Waals surface area (Å²) < 4.78 is 6.93. The van der Waals surface area contributed by atoms with E-state index in [1.165, 1.54) is 23.5 Å². The number of nitrogens with zero attached hydrogens (tertiary/aromatic N) is 3. The highest BCUT2D eigenvalue weighted by atomic mass is 32.1. The lowest BCUT2D eigenvalue weighted by molar-refractivity contribution is -0.384. The van der Waals surface area contributed by atoms with Crippen molar-refractivity contribution in [1.29, 1.82) is 0 Å². The summed E-state index contributed by atoms with van der Waals surface area (Å²) in [6, 6.07) is 9.60. The van der Waals surface area contributed by atoms with E-state index in [0.29, 0.717) is 21.8 Å². The molecule has 1 aromatic carbocycles. The van der Waals surface area contributed by atoms with Crippen LogP contribution < -0.4 is 5.32 Å². The first-order valence-electron chi connectivity index (χ1n) is 9.67. The standard InChI is InChI=1S/C22H18N4O5S/c1-3-31-22(28)19-16(14-4-6-15(7-5-14)26(29)30)12-32-21(19)24-20(27)17-11-25-9-8-13(2)10-18(25)23-17/h4-12H,3H2,1-2H3,(H,24,27). The highest BCUT2D eigenvalue weighted by molar-refractivity contribution is 7.15. The molecule has 0 atom stereocenters. The molecule has 0 bridgehead atoms. The summed E-state index contributed by atoms with van der Waals surface area (Å²) in [7, 11) is 0. The molecule has 32 heavy (non-hydrogen) atoms. The lowest BCUT2D eigenvalue weighted by Crippen LogP contribution is -2.15. The maximum absolute atomic E-state index is 12.9. The molecule has 0 radical (unpaired) electrons. The molecular formula is C22H18N4O5S. The molecule has 3 heterocycles. The SMILES string of the molecule is CCOC(=O)c1c(-c2ccc([N+](=O)[O-])cc2)csc1NC(=O)c1cn2ccc(C)cc2n1. The predicted molar refractivity (Wildman–Crippen MR) is 120 cm³/mol. The van der Waals surface area contributed by atoms with Crippen LogP contribution in [0.4, 0.5) is 10.7 Å². The first-order chi connectivity index (χ1) is 15.4. The van der Waals surface area contributed by atoms with Crippen LogP contribution in [0, 0.1) is 17.0 Å². The minimum absolute atomic E-state index is 0.0581. The number of nitrogens with one attached hydrogen (secondary N) is 1. The van der Waals surface area contributed by atoms with Gasteiger partial charge in [0, 0.05) is 35.5 Å². The van der Waals surface area contributed by atoms with E-state index in [2.05, 4.69) is 10.3 Å². The number of ether oxygens (including phenoxy) is 1. The molecule has 0 fully saturated rings. The highest BCUT2D eigenvalue weighted by Gasteiger charge is 2.24. The number of thiophene rings is 1. The van der Waals surface area contributed by atoms with Crippen LogP contribution in [-0.2, 0) is 4.74 Å². The number of hydrogen-bond donors (Lipinski definition) is 1. The second kappa shape index (κ2) is 8.60. The average Bonchev–Trinajstić information content (AvgIpc) is 3.38. The number of anilines is 1. The molecule has 0 saturated carbocycles. The third kappa shape index (κ3) is 4.08. The van der Waals surface area contributed by atoms with Gasteiger partial charge in [-0.3, -0.25) is 14.9 Å². The van der Waals surface area contributed by atoms with Crippen molar-refractivity contribution >= 4 is 39.5 Å². The van der Waals surface area contributed by atoms with Crippen molar-refractivity contribution in [1.82, 2.24) is 9.38 Å². The van der Waals surface area contributed by atoms with Crippen molar-refractivity contribution in [3.05, 3.63) is 81.1 Å². The minimum Gasteiger partial charge on any atom is -0.462 e. The average molecular weight is 450 g/mol. The zero-order valence-electron chi connectivity index (χ0n) is 17.2. The number of fused-ring (bicyclic) bond motifs is 1. The molecule has 0 spiro atoms. The topological polar surface area (TPSA) is 116 Å². The Morgan fingerprint density at radius 1 is 1.25 bits per heavy atom. The summed E-state index contributed by atoms with van der Waals surface area (Å²) in [4.78, 5) is 40.3. The first-order valence-corrected chi connectivity index (χ1v) is 10.6. The van der Waals surface area contributed by atoms with Gasteiger partial charge < -0.3 is 14.5 Å². The molecular weight excluding hydrogens is 432 g/mol. The van der Waals surface area contributed by atoms with E-state index in [0.717, 1.165) is 5.56 Å². The number of carbonyl (C=O) groups excluding carboxylic acids is 2. The number of pyridine rings is 1. The fourth-order valence-electron chi connectivity index (χ4n) is 3.19. The summed E-state index contributed by atoms with van der Waals surface area (Å²) in [5.74, 6) is -1.06. The van der Waals surface area contributed by atoms with Crippen LogP contribution in [0.1, 0.15) is 33.3 Å². The van der Waals surface area contributed by atoms with Gasteiger partial charge in [-0.15, -0.1) is 11.3 Å². The van der Waals surface area contributed by atoms with Crippen LogP contribution in [0.3, 0.4) is 0 Å². The van der Waals surface area contributed by atoms with Gasteiger partial charge in [0.2, 0.25) is 0 Å². The summed E-state index contributed by atoms with van der Waals surface area (Å²) in [6.07, 6.45) is 3.43. The Labute approximate surface area is 186 Å². The number of non-ortho nitro benzene ring substituents is 1. The molecule has 162 valence electrons. The van der Waals surface area contributed by atoms with E-state index >= 15 is 0 Å². The zero-order chi connectivity index (χ0) is 22.8. The van der Waals surface area contributed by atoms with Crippen molar-refractivity contribution < 1.29 is 19.2 Å². The van der Waals surface area contributed by atoms with Crippen molar-refractivity contribution in [2.24, 2.45) is 0 Å². The molecule has 0 aliphatic rings. The monoisotopic (exact) mass is 450 g/mol. The molecule has 4 rings (SSSR count). The number of imidazole rings is 1. The van der Waals surface area contributed by atoms with E-state index in [1.807, 2.05) is 25.3 Å². The van der Waals surface area contributed by atoms with Gasteiger partial charge in [0.15, 0.2) is 0 Å².